The largest absolute Gasteiger partial charge is 0.417 e. The molecule has 1 aliphatic heterocycles. The number of hydrogen-bond donors (Lipinski definition) is 1. The van der Waals surface area contributed by atoms with Crippen LogP contribution in [0.2, 0.25) is 0 Å². The van der Waals surface area contributed by atoms with Crippen molar-refractivity contribution in [1.29, 1.82) is 0 Å². The topological polar surface area (TPSA) is 79.4 Å². The molecule has 29 heavy (non-hydrogen) atoms. The van der Waals surface area contributed by atoms with Crippen LogP contribution in [-0.2, 0) is 16.2 Å². The van der Waals surface area contributed by atoms with Crippen LogP contribution in [0.4, 0.5) is 23.4 Å². The molecule has 1 fully saturated rings. The highest BCUT2D eigenvalue weighted by Crippen LogP contribution is 2.32. The number of amides is 1. The number of aromatic nitrogens is 1. The van der Waals surface area contributed by atoms with Gasteiger partial charge in [0.15, 0.2) is 0 Å². The minimum atomic E-state index is -5.03. The zero-order valence-electron chi connectivity index (χ0n) is 14.7. The Labute approximate surface area is 168 Å². The Morgan fingerprint density at radius 3 is 2.41 bits per heavy atom. The van der Waals surface area contributed by atoms with E-state index < -0.39 is 39.1 Å². The van der Waals surface area contributed by atoms with Gasteiger partial charge in [0, 0.05) is 30.8 Å². The van der Waals surface area contributed by atoms with E-state index in [2.05, 4.69) is 4.98 Å². The fraction of sp³-hybridized carbons (Fsp3) is 0.294. The van der Waals surface area contributed by atoms with Crippen molar-refractivity contribution in [3.05, 3.63) is 53.5 Å². The lowest BCUT2D eigenvalue weighted by Gasteiger charge is -2.27. The maximum absolute atomic E-state index is 13.2. The number of carbonyl (C=O) groups excluding carboxylic acids is 1. The van der Waals surface area contributed by atoms with Crippen LogP contribution in [0.5, 0.6) is 0 Å². The highest BCUT2D eigenvalue weighted by Gasteiger charge is 2.36. The number of hydrogen-bond acceptors (Lipinski definition) is 6. The number of rotatable bonds is 4. The predicted molar refractivity (Wildman–Crippen MR) is 99.8 cm³/mol. The van der Waals surface area contributed by atoms with Gasteiger partial charge in [-0.05, 0) is 30.3 Å². The number of anilines is 1. The third-order valence-corrected chi connectivity index (χ3v) is 6.38. The molecular formula is C17H15F4N3O3S2. The smallest absolute Gasteiger partial charge is 0.355 e. The number of carbonyl (C=O) groups is 1. The Hall–Kier alpha value is -2.34. The summed E-state index contributed by atoms with van der Waals surface area (Å²) >= 11 is 1.79. The molecule has 0 atom stereocenters. The van der Waals surface area contributed by atoms with E-state index in [0.717, 1.165) is 30.8 Å². The van der Waals surface area contributed by atoms with Crippen LogP contribution >= 0.6 is 11.8 Å². The maximum atomic E-state index is 13.2. The van der Waals surface area contributed by atoms with Crippen molar-refractivity contribution in [2.24, 2.45) is 0 Å². The molecule has 1 saturated heterocycles. The average Bonchev–Trinajstić information content (AvgIpc) is 2.67. The lowest BCUT2D eigenvalue weighted by molar-refractivity contribution is -0.138. The summed E-state index contributed by atoms with van der Waals surface area (Å²) < 4.78 is 78.7. The van der Waals surface area contributed by atoms with E-state index in [0.29, 0.717) is 18.0 Å². The maximum Gasteiger partial charge on any atom is 0.417 e. The molecule has 0 saturated carbocycles. The molecule has 6 nitrogen and oxygen atoms in total. The van der Waals surface area contributed by atoms with Crippen molar-refractivity contribution in [1.82, 2.24) is 9.71 Å². The van der Waals surface area contributed by atoms with Crippen LogP contribution < -0.4 is 9.62 Å². The summed E-state index contributed by atoms with van der Waals surface area (Å²) in [6.45, 7) is 1.51. The first-order valence-electron chi connectivity index (χ1n) is 8.30. The second-order valence-corrected chi connectivity index (χ2v) is 8.98. The van der Waals surface area contributed by atoms with Crippen LogP contribution in [0.15, 0.2) is 41.4 Å². The lowest BCUT2D eigenvalue weighted by Crippen LogP contribution is -2.34. The summed E-state index contributed by atoms with van der Waals surface area (Å²) in [5, 5.41) is 0. The van der Waals surface area contributed by atoms with E-state index in [1.165, 1.54) is 12.1 Å². The summed E-state index contributed by atoms with van der Waals surface area (Å²) in [5.41, 5.74) is -2.57. The number of alkyl halides is 3. The molecule has 1 amide bonds. The van der Waals surface area contributed by atoms with Gasteiger partial charge in [0.05, 0.1) is 11.1 Å². The molecule has 0 bridgehead atoms. The molecule has 2 aromatic rings. The summed E-state index contributed by atoms with van der Waals surface area (Å²) in [6.07, 6.45) is -4.00. The number of benzene rings is 1. The highest BCUT2D eigenvalue weighted by molar-refractivity contribution is 7.99. The fourth-order valence-corrected chi connectivity index (χ4v) is 4.51. The predicted octanol–water partition coefficient (Wildman–Crippen LogP) is 2.91. The fourth-order valence-electron chi connectivity index (χ4n) is 2.70. The molecular weight excluding hydrogens is 434 g/mol. The van der Waals surface area contributed by atoms with Crippen molar-refractivity contribution < 1.29 is 30.8 Å². The van der Waals surface area contributed by atoms with Crippen LogP contribution in [0, 0.1) is 5.82 Å². The van der Waals surface area contributed by atoms with Gasteiger partial charge < -0.3 is 4.90 Å². The quantitative estimate of drug-likeness (QED) is 0.724. The van der Waals surface area contributed by atoms with Crippen molar-refractivity contribution in [2.75, 3.05) is 29.5 Å². The minimum Gasteiger partial charge on any atom is -0.355 e. The van der Waals surface area contributed by atoms with Crippen LogP contribution in [0.3, 0.4) is 0 Å². The monoisotopic (exact) mass is 449 g/mol. The van der Waals surface area contributed by atoms with Crippen molar-refractivity contribution in [3.8, 4) is 0 Å². The van der Waals surface area contributed by atoms with E-state index in [-0.39, 0.29) is 11.0 Å². The van der Waals surface area contributed by atoms with Gasteiger partial charge >= 0.3 is 6.18 Å². The zero-order chi connectivity index (χ0) is 21.2. The number of nitrogens with zero attached hydrogens (tertiary/aromatic N) is 2. The molecule has 1 aliphatic rings. The minimum absolute atomic E-state index is 0.134. The van der Waals surface area contributed by atoms with Crippen LogP contribution in [-0.4, -0.2) is 43.9 Å². The van der Waals surface area contributed by atoms with Gasteiger partial charge in [0.2, 0.25) is 0 Å². The van der Waals surface area contributed by atoms with Gasteiger partial charge in [0.25, 0.3) is 15.9 Å². The molecule has 0 unspecified atom stereocenters. The Bertz CT molecular complexity index is 1010. The summed E-state index contributed by atoms with van der Waals surface area (Å²) in [7, 11) is -4.47. The zero-order valence-corrected chi connectivity index (χ0v) is 16.4. The Balaban J connectivity index is 1.82. The van der Waals surface area contributed by atoms with E-state index in [4.69, 9.17) is 0 Å². The van der Waals surface area contributed by atoms with Gasteiger partial charge in [-0.2, -0.15) is 24.9 Å². The molecule has 12 heteroatoms. The van der Waals surface area contributed by atoms with Gasteiger partial charge in [-0.3, -0.25) is 4.79 Å². The number of sulfonamides is 1. The molecule has 156 valence electrons. The van der Waals surface area contributed by atoms with E-state index in [9.17, 15) is 30.8 Å². The standard InChI is InChI=1S/C17H15F4N3O3S2/c18-11-1-3-13(14(9-11)17(19,20)21)16(25)23-29(26,27)12-2-4-15(22-10-12)24-5-7-28-8-6-24/h1-4,9-10H,5-8H2,(H,23,25). The van der Waals surface area contributed by atoms with E-state index in [1.54, 1.807) is 16.5 Å². The SMILES string of the molecule is O=C(NS(=O)(=O)c1ccc(N2CCSCC2)nc1)c1ccc(F)cc1C(F)(F)F. The van der Waals surface area contributed by atoms with Gasteiger partial charge in [-0.1, -0.05) is 0 Å². The van der Waals surface area contributed by atoms with E-state index >= 15 is 0 Å². The number of pyridine rings is 1. The first-order valence-corrected chi connectivity index (χ1v) is 10.9. The third-order valence-electron chi connectivity index (χ3n) is 4.12. The van der Waals surface area contributed by atoms with Gasteiger partial charge in [-0.25, -0.2) is 22.5 Å². The van der Waals surface area contributed by atoms with Crippen molar-refractivity contribution >= 4 is 33.5 Å². The molecule has 2 heterocycles. The third kappa shape index (κ3) is 4.99. The normalized spacial score (nSPS) is 15.2. The second-order valence-electron chi connectivity index (χ2n) is 6.07. The number of thioether (sulfide) groups is 1. The Morgan fingerprint density at radius 1 is 1.14 bits per heavy atom. The number of nitrogens with one attached hydrogen (secondary N) is 1. The first-order chi connectivity index (χ1) is 13.6. The Kier molecular flexibility index (Phi) is 6.03. The molecule has 1 aromatic carbocycles. The Morgan fingerprint density at radius 2 is 1.83 bits per heavy atom. The highest BCUT2D eigenvalue weighted by atomic mass is 32.2. The molecule has 0 radical (unpaired) electrons. The molecule has 0 aliphatic carbocycles. The average molecular weight is 449 g/mol. The number of halogens is 4. The molecule has 3 rings (SSSR count). The molecule has 1 aromatic heterocycles. The van der Waals surface area contributed by atoms with E-state index in [1.807, 2.05) is 4.90 Å². The second kappa shape index (κ2) is 8.19. The van der Waals surface area contributed by atoms with Crippen molar-refractivity contribution in [2.45, 2.75) is 11.1 Å². The first kappa shape index (κ1) is 21.4. The van der Waals surface area contributed by atoms with Gasteiger partial charge in [-0.15, -0.1) is 0 Å². The molecule has 1 N–H and O–H groups in total. The summed E-state index contributed by atoms with van der Waals surface area (Å²) in [5.74, 6) is -0.330. The summed E-state index contributed by atoms with van der Waals surface area (Å²) in [6, 6.07) is 4.04. The molecule has 0 spiro atoms. The van der Waals surface area contributed by atoms with Crippen LogP contribution in [0.25, 0.3) is 0 Å². The van der Waals surface area contributed by atoms with Crippen LogP contribution in [0.1, 0.15) is 15.9 Å². The summed E-state index contributed by atoms with van der Waals surface area (Å²) in [4.78, 5) is 17.9. The van der Waals surface area contributed by atoms with Gasteiger partial charge in [0.1, 0.15) is 16.5 Å². The lowest BCUT2D eigenvalue weighted by atomic mass is 10.1. The van der Waals surface area contributed by atoms with Crippen molar-refractivity contribution in [3.63, 3.8) is 0 Å².